The summed E-state index contributed by atoms with van der Waals surface area (Å²) >= 11 is 0. The van der Waals surface area contributed by atoms with Crippen molar-refractivity contribution >= 4 is 32.2 Å². The molecule has 0 saturated carbocycles. The van der Waals surface area contributed by atoms with Crippen molar-refractivity contribution in [1.82, 2.24) is 0 Å². The van der Waals surface area contributed by atoms with Crippen molar-refractivity contribution in [3.05, 3.63) is 24.3 Å². The van der Waals surface area contributed by atoms with Crippen LogP contribution in [0.1, 0.15) is 142 Å². The first-order valence-corrected chi connectivity index (χ1v) is 18.5. The average Bonchev–Trinajstić information content (AvgIpc) is 2.90. The molecule has 250 valence electrons. The molecular formula is C30H60N2O8S2. The van der Waals surface area contributed by atoms with Crippen LogP contribution in [0.3, 0.4) is 0 Å². The molecule has 12 heteroatoms. The van der Waals surface area contributed by atoms with E-state index >= 15 is 0 Å². The van der Waals surface area contributed by atoms with E-state index in [1.807, 2.05) is 24.3 Å². The Kier molecular flexibility index (Phi) is 30.6. The zero-order chi connectivity index (χ0) is 32.0. The second-order valence-corrected chi connectivity index (χ2v) is 12.7. The Balaban J connectivity index is 0. The van der Waals surface area contributed by atoms with Crippen LogP contribution >= 0.6 is 0 Å². The molecule has 0 heterocycles. The van der Waals surface area contributed by atoms with Crippen LogP contribution in [0.5, 0.6) is 0 Å². The quantitative estimate of drug-likeness (QED) is 0.0758. The van der Waals surface area contributed by atoms with Crippen molar-refractivity contribution in [2.75, 3.05) is 13.2 Å². The van der Waals surface area contributed by atoms with Gasteiger partial charge in [0.2, 0.25) is 20.8 Å². The van der Waals surface area contributed by atoms with Crippen LogP contribution in [-0.4, -0.2) is 39.2 Å². The highest BCUT2D eigenvalue weighted by Crippen LogP contribution is 2.11. The molecule has 0 spiro atoms. The summed E-state index contributed by atoms with van der Waals surface area (Å²) in [5.74, 6) is 0. The molecule has 42 heavy (non-hydrogen) atoms. The lowest BCUT2D eigenvalue weighted by atomic mass is 10.1. The summed E-state index contributed by atoms with van der Waals surface area (Å²) in [6.45, 7) is 4.49. The predicted octanol–water partition coefficient (Wildman–Crippen LogP) is 6.20. The van der Waals surface area contributed by atoms with Gasteiger partial charge in [0.15, 0.2) is 0 Å². The van der Waals surface area contributed by atoms with Gasteiger partial charge in [0, 0.05) is 0 Å². The molecule has 0 bridgehead atoms. The van der Waals surface area contributed by atoms with E-state index in [2.05, 4.69) is 33.7 Å². The van der Waals surface area contributed by atoms with Gasteiger partial charge in [-0.2, -0.15) is 0 Å². The molecule has 0 aliphatic carbocycles. The van der Waals surface area contributed by atoms with Gasteiger partial charge in [-0.05, 0) is 25.0 Å². The van der Waals surface area contributed by atoms with Crippen molar-refractivity contribution in [3.63, 3.8) is 0 Å². The lowest BCUT2D eigenvalue weighted by Crippen LogP contribution is -2.43. The number of hydrogen-bond donors (Lipinski definition) is 2. The largest absolute Gasteiger partial charge is 0.726 e. The van der Waals surface area contributed by atoms with Gasteiger partial charge in [-0.1, -0.05) is 135 Å². The molecule has 1 aromatic rings. The SMILES string of the molecule is CCCCCCCCCCCCOS(=O)(=O)[O-].CCCCCCCCCCCCOS(=O)(=O)[O-].[NH3+]c1cccc([NH3+])c1. The third kappa shape index (κ3) is 41.0. The monoisotopic (exact) mass is 640 g/mol. The van der Waals surface area contributed by atoms with Crippen LogP contribution in [0, 0.1) is 0 Å². The smallest absolute Gasteiger partial charge is 0.217 e. The predicted molar refractivity (Wildman–Crippen MR) is 167 cm³/mol. The number of quaternary nitrogens is 2. The van der Waals surface area contributed by atoms with Crippen molar-refractivity contribution < 1.29 is 45.8 Å². The number of benzene rings is 1. The Hall–Kier alpha value is -1.12. The lowest BCUT2D eigenvalue weighted by molar-refractivity contribution is -0.265. The summed E-state index contributed by atoms with van der Waals surface area (Å²) in [6, 6.07) is 7.80. The summed E-state index contributed by atoms with van der Waals surface area (Å²) in [7, 11) is -8.97. The molecule has 1 rings (SSSR count). The molecule has 0 aliphatic heterocycles. The van der Waals surface area contributed by atoms with E-state index in [1.165, 1.54) is 89.9 Å². The summed E-state index contributed by atoms with van der Waals surface area (Å²) in [4.78, 5) is 0. The van der Waals surface area contributed by atoms with Gasteiger partial charge >= 0.3 is 0 Å². The fourth-order valence-corrected chi connectivity index (χ4v) is 4.77. The molecule has 6 N–H and O–H groups in total. The van der Waals surface area contributed by atoms with E-state index in [-0.39, 0.29) is 13.2 Å². The normalized spacial score (nSPS) is 11.4. The molecule has 0 amide bonds. The average molecular weight is 641 g/mol. The van der Waals surface area contributed by atoms with Gasteiger partial charge in [-0.25, -0.2) is 16.8 Å². The highest BCUT2D eigenvalue weighted by molar-refractivity contribution is 7.81. The summed E-state index contributed by atoms with van der Waals surface area (Å²) < 4.78 is 68.9. The van der Waals surface area contributed by atoms with Crippen LogP contribution in [0.25, 0.3) is 0 Å². The Morgan fingerprint density at radius 3 is 1.00 bits per heavy atom. The van der Waals surface area contributed by atoms with Gasteiger partial charge in [0.25, 0.3) is 0 Å². The van der Waals surface area contributed by atoms with Crippen molar-refractivity contribution in [2.24, 2.45) is 0 Å². The maximum Gasteiger partial charge on any atom is 0.217 e. The number of unbranched alkanes of at least 4 members (excludes halogenated alkanes) is 18. The Labute approximate surface area is 257 Å². The van der Waals surface area contributed by atoms with Gasteiger partial charge in [-0.3, -0.25) is 8.37 Å². The minimum Gasteiger partial charge on any atom is -0.726 e. The standard InChI is InChI=1S/2C12H26O4S.C6H8N2/c2*1-2-3-4-5-6-7-8-9-10-11-12-16-17(13,14)15;7-5-2-1-3-6(8)4-5/h2*2-12H2,1H3,(H,13,14,15);1-4H,7-8H2. The molecule has 0 radical (unpaired) electrons. The summed E-state index contributed by atoms with van der Waals surface area (Å²) in [5.41, 5.74) is 9.53. The molecule has 0 fully saturated rings. The van der Waals surface area contributed by atoms with E-state index in [0.29, 0.717) is 12.8 Å². The maximum absolute atomic E-state index is 10.1. The van der Waals surface area contributed by atoms with E-state index < -0.39 is 20.8 Å². The minimum absolute atomic E-state index is 0.0301. The van der Waals surface area contributed by atoms with Crippen molar-refractivity contribution in [1.29, 1.82) is 0 Å². The fraction of sp³-hybridized carbons (Fsp3) is 0.800. The Morgan fingerprint density at radius 1 is 0.524 bits per heavy atom. The van der Waals surface area contributed by atoms with E-state index in [0.717, 1.165) is 37.1 Å². The summed E-state index contributed by atoms with van der Waals surface area (Å²) in [6.07, 6.45) is 23.4. The van der Waals surface area contributed by atoms with Gasteiger partial charge in [0.1, 0.15) is 11.4 Å². The number of hydrogen-bond acceptors (Lipinski definition) is 8. The van der Waals surface area contributed by atoms with Crippen LogP contribution in [-0.2, 0) is 29.2 Å². The van der Waals surface area contributed by atoms with Crippen LogP contribution in [0.2, 0.25) is 0 Å². The molecule has 0 atom stereocenters. The first kappa shape index (κ1) is 43.0. The zero-order valence-electron chi connectivity index (χ0n) is 26.4. The second kappa shape index (κ2) is 29.9. The minimum atomic E-state index is -4.48. The van der Waals surface area contributed by atoms with E-state index in [1.54, 1.807) is 0 Å². The first-order chi connectivity index (χ1) is 19.9. The van der Waals surface area contributed by atoms with E-state index in [9.17, 15) is 25.9 Å². The highest BCUT2D eigenvalue weighted by atomic mass is 32.3. The second-order valence-electron chi connectivity index (χ2n) is 10.6. The van der Waals surface area contributed by atoms with Crippen molar-refractivity contribution in [2.45, 2.75) is 142 Å². The molecule has 0 unspecified atom stereocenters. The Morgan fingerprint density at radius 2 is 0.786 bits per heavy atom. The third-order valence-electron chi connectivity index (χ3n) is 6.44. The van der Waals surface area contributed by atoms with Crippen LogP contribution < -0.4 is 11.5 Å². The lowest BCUT2D eigenvalue weighted by Gasteiger charge is -2.07. The maximum atomic E-state index is 10.1. The third-order valence-corrected chi connectivity index (χ3v) is 7.35. The molecule has 0 aliphatic rings. The topological polar surface area (TPSA) is 188 Å². The number of rotatable bonds is 24. The van der Waals surface area contributed by atoms with Gasteiger partial charge in [0.05, 0.1) is 19.3 Å². The fourth-order valence-electron chi connectivity index (χ4n) is 4.13. The summed E-state index contributed by atoms with van der Waals surface area (Å²) in [5, 5.41) is 0. The van der Waals surface area contributed by atoms with Gasteiger partial charge in [-0.15, -0.1) is 0 Å². The van der Waals surface area contributed by atoms with Crippen molar-refractivity contribution in [3.8, 4) is 0 Å². The van der Waals surface area contributed by atoms with Gasteiger partial charge < -0.3 is 20.6 Å². The first-order valence-electron chi connectivity index (χ1n) is 15.9. The zero-order valence-corrected chi connectivity index (χ0v) is 28.0. The van der Waals surface area contributed by atoms with Crippen LogP contribution in [0.4, 0.5) is 11.4 Å². The molecular weight excluding hydrogens is 580 g/mol. The Bertz CT molecular complexity index is 858. The highest BCUT2D eigenvalue weighted by Gasteiger charge is 1.97. The molecule has 0 aromatic heterocycles. The van der Waals surface area contributed by atoms with E-state index in [4.69, 9.17) is 0 Å². The molecule has 10 nitrogen and oxygen atoms in total. The molecule has 1 aromatic carbocycles. The molecule has 0 saturated heterocycles. The van der Waals surface area contributed by atoms with Crippen LogP contribution in [0.15, 0.2) is 24.3 Å².